The minimum absolute atomic E-state index is 0.103. The van der Waals surface area contributed by atoms with Gasteiger partial charge in [-0.15, -0.1) is 0 Å². The molecule has 2 aromatic carbocycles. The van der Waals surface area contributed by atoms with Crippen LogP contribution in [0.2, 0.25) is 5.02 Å². The van der Waals surface area contributed by atoms with E-state index < -0.39 is 0 Å². The molecule has 1 aromatic heterocycles. The van der Waals surface area contributed by atoms with E-state index in [1.165, 1.54) is 12.1 Å². The molecule has 0 aliphatic heterocycles. The monoisotopic (exact) mass is 377 g/mol. The van der Waals surface area contributed by atoms with Gasteiger partial charge in [0.05, 0.1) is 16.4 Å². The molecule has 0 radical (unpaired) electrons. The van der Waals surface area contributed by atoms with Crippen LogP contribution in [0.25, 0.3) is 5.69 Å². The molecule has 2 aliphatic rings. The minimum Gasteiger partial charge on any atom is -0.347 e. The zero-order valence-electron chi connectivity index (χ0n) is 14.9. The van der Waals surface area contributed by atoms with Crippen LogP contribution in [0, 0.1) is 0 Å². The van der Waals surface area contributed by atoms with Gasteiger partial charge in [-0.1, -0.05) is 54.1 Å². The number of carbonyl (C=O) groups excluding carboxylic acids is 1. The van der Waals surface area contributed by atoms with E-state index in [0.717, 1.165) is 29.7 Å². The van der Waals surface area contributed by atoms with Crippen LogP contribution in [0.15, 0.2) is 54.6 Å². The first-order valence-electron chi connectivity index (χ1n) is 9.42. The lowest BCUT2D eigenvalue weighted by Gasteiger charge is -2.14. The van der Waals surface area contributed by atoms with Gasteiger partial charge < -0.3 is 5.32 Å². The van der Waals surface area contributed by atoms with Gasteiger partial charge in [-0.3, -0.25) is 4.79 Å². The molecule has 136 valence electrons. The largest absolute Gasteiger partial charge is 0.347 e. The fourth-order valence-electron chi connectivity index (χ4n) is 4.57. The zero-order chi connectivity index (χ0) is 18.4. The lowest BCUT2D eigenvalue weighted by molar-refractivity contribution is 0.0944. The number of aromatic nitrogens is 2. The van der Waals surface area contributed by atoms with Gasteiger partial charge in [0, 0.05) is 18.0 Å². The van der Waals surface area contributed by atoms with E-state index >= 15 is 0 Å². The number of amides is 1. The van der Waals surface area contributed by atoms with Gasteiger partial charge in [-0.05, 0) is 42.9 Å². The third-order valence-electron chi connectivity index (χ3n) is 5.78. The molecule has 2 atom stereocenters. The number of hydrogen-bond acceptors (Lipinski definition) is 2. The SMILES string of the molecule is O=C(NCc1ccccc1)c1nn(-c2ccccc2Cl)c2c1[C@H]1CC[C@H]2C1. The normalized spacial score (nSPS) is 19.9. The van der Waals surface area contributed by atoms with Gasteiger partial charge in [0.1, 0.15) is 0 Å². The van der Waals surface area contributed by atoms with Crippen LogP contribution < -0.4 is 5.32 Å². The van der Waals surface area contributed by atoms with Crippen molar-refractivity contribution >= 4 is 17.5 Å². The summed E-state index contributed by atoms with van der Waals surface area (Å²) in [4.78, 5) is 13.0. The second-order valence-corrected chi connectivity index (χ2v) is 7.79. The molecular formula is C22H20ClN3O. The Balaban J connectivity index is 1.52. The Labute approximate surface area is 163 Å². The predicted molar refractivity (Wildman–Crippen MR) is 106 cm³/mol. The molecule has 5 rings (SSSR count). The van der Waals surface area contributed by atoms with Crippen molar-refractivity contribution in [1.29, 1.82) is 0 Å². The number of rotatable bonds is 4. The summed E-state index contributed by atoms with van der Waals surface area (Å²) >= 11 is 6.43. The molecule has 0 spiro atoms. The van der Waals surface area contributed by atoms with Crippen LogP contribution in [0.4, 0.5) is 0 Å². The van der Waals surface area contributed by atoms with Gasteiger partial charge in [-0.25, -0.2) is 4.68 Å². The average molecular weight is 378 g/mol. The summed E-state index contributed by atoms with van der Waals surface area (Å²) < 4.78 is 1.92. The van der Waals surface area contributed by atoms with Crippen molar-refractivity contribution in [1.82, 2.24) is 15.1 Å². The van der Waals surface area contributed by atoms with Gasteiger partial charge in [0.2, 0.25) is 0 Å². The molecule has 1 fully saturated rings. The number of nitrogens with zero attached hydrogens (tertiary/aromatic N) is 2. The lowest BCUT2D eigenvalue weighted by atomic mass is 9.95. The maximum absolute atomic E-state index is 13.0. The third-order valence-corrected chi connectivity index (χ3v) is 6.10. The van der Waals surface area contributed by atoms with Crippen molar-refractivity contribution < 1.29 is 4.79 Å². The van der Waals surface area contributed by atoms with Gasteiger partial charge in [-0.2, -0.15) is 5.10 Å². The number of fused-ring (bicyclic) bond motifs is 5. The molecule has 5 heteroatoms. The van der Waals surface area contributed by atoms with Gasteiger partial charge in [0.15, 0.2) is 5.69 Å². The standard InChI is InChI=1S/C22H20ClN3O/c23-17-8-4-5-9-18(17)26-21-16-11-10-15(12-16)19(21)20(25-26)22(27)24-13-14-6-2-1-3-7-14/h1-9,15-16H,10-13H2,(H,24,27)/t15-,16-/m0/s1. The van der Waals surface area contributed by atoms with Crippen LogP contribution in [0.1, 0.15) is 58.4 Å². The van der Waals surface area contributed by atoms with Crippen LogP contribution in [-0.4, -0.2) is 15.7 Å². The highest BCUT2D eigenvalue weighted by Gasteiger charge is 2.44. The average Bonchev–Trinajstić information content (AvgIpc) is 3.40. The lowest BCUT2D eigenvalue weighted by Crippen LogP contribution is -2.24. The molecule has 2 bridgehead atoms. The number of benzene rings is 2. The molecule has 0 unspecified atom stereocenters. The van der Waals surface area contributed by atoms with Crippen molar-refractivity contribution in [2.75, 3.05) is 0 Å². The quantitative estimate of drug-likeness (QED) is 0.708. The van der Waals surface area contributed by atoms with Crippen LogP contribution in [0.3, 0.4) is 0 Å². The number of para-hydroxylation sites is 1. The molecule has 1 N–H and O–H groups in total. The molecule has 1 saturated carbocycles. The summed E-state index contributed by atoms with van der Waals surface area (Å²) in [6, 6.07) is 17.6. The van der Waals surface area contributed by atoms with Gasteiger partial charge >= 0.3 is 0 Å². The molecule has 27 heavy (non-hydrogen) atoms. The summed E-state index contributed by atoms with van der Waals surface area (Å²) in [6.45, 7) is 0.501. The van der Waals surface area contributed by atoms with E-state index in [1.54, 1.807) is 0 Å². The number of halogens is 1. The highest BCUT2D eigenvalue weighted by Crippen LogP contribution is 2.54. The Hall–Kier alpha value is -2.59. The molecule has 2 aliphatic carbocycles. The van der Waals surface area contributed by atoms with Crippen molar-refractivity contribution in [3.8, 4) is 5.69 Å². The van der Waals surface area contributed by atoms with Gasteiger partial charge in [0.25, 0.3) is 5.91 Å². The van der Waals surface area contributed by atoms with Crippen molar-refractivity contribution in [2.45, 2.75) is 37.6 Å². The van der Waals surface area contributed by atoms with Crippen LogP contribution >= 0.6 is 11.6 Å². The molecule has 1 amide bonds. The Kier molecular flexibility index (Phi) is 4.01. The van der Waals surface area contributed by atoms with Crippen LogP contribution in [0.5, 0.6) is 0 Å². The molecule has 1 heterocycles. The van der Waals surface area contributed by atoms with E-state index in [2.05, 4.69) is 5.32 Å². The van der Waals surface area contributed by atoms with Crippen molar-refractivity contribution in [3.63, 3.8) is 0 Å². The Morgan fingerprint density at radius 1 is 1.07 bits per heavy atom. The topological polar surface area (TPSA) is 46.9 Å². The number of nitrogens with one attached hydrogen (secondary N) is 1. The summed E-state index contributed by atoms with van der Waals surface area (Å²) in [6.07, 6.45) is 3.43. The number of carbonyl (C=O) groups is 1. The van der Waals surface area contributed by atoms with Crippen molar-refractivity contribution in [2.24, 2.45) is 0 Å². The smallest absolute Gasteiger partial charge is 0.272 e. The summed E-state index contributed by atoms with van der Waals surface area (Å²) in [5, 5.41) is 8.43. The first-order chi connectivity index (χ1) is 13.2. The van der Waals surface area contributed by atoms with E-state index in [0.29, 0.717) is 29.1 Å². The Morgan fingerprint density at radius 2 is 1.81 bits per heavy atom. The van der Waals surface area contributed by atoms with E-state index in [-0.39, 0.29) is 5.91 Å². The number of hydrogen-bond donors (Lipinski definition) is 1. The minimum atomic E-state index is -0.103. The highest BCUT2D eigenvalue weighted by molar-refractivity contribution is 6.32. The Bertz CT molecular complexity index is 1010. The van der Waals surface area contributed by atoms with Crippen molar-refractivity contribution in [3.05, 3.63) is 82.1 Å². The fraction of sp³-hybridized carbons (Fsp3) is 0.273. The predicted octanol–water partition coefficient (Wildman–Crippen LogP) is 4.82. The van der Waals surface area contributed by atoms with Crippen LogP contribution in [-0.2, 0) is 6.54 Å². The summed E-state index contributed by atoms with van der Waals surface area (Å²) in [7, 11) is 0. The first kappa shape index (κ1) is 16.6. The van der Waals surface area contributed by atoms with E-state index in [4.69, 9.17) is 16.7 Å². The fourth-order valence-corrected chi connectivity index (χ4v) is 4.78. The first-order valence-corrected chi connectivity index (χ1v) is 9.80. The van der Waals surface area contributed by atoms with E-state index in [1.807, 2.05) is 59.3 Å². The molecular weight excluding hydrogens is 358 g/mol. The maximum Gasteiger partial charge on any atom is 0.272 e. The molecule has 3 aromatic rings. The highest BCUT2D eigenvalue weighted by atomic mass is 35.5. The summed E-state index contributed by atoms with van der Waals surface area (Å²) in [5.74, 6) is 0.816. The second-order valence-electron chi connectivity index (χ2n) is 7.39. The Morgan fingerprint density at radius 3 is 2.63 bits per heavy atom. The van der Waals surface area contributed by atoms with E-state index in [9.17, 15) is 4.79 Å². The molecule has 4 nitrogen and oxygen atoms in total. The third kappa shape index (κ3) is 2.76. The molecule has 0 saturated heterocycles. The zero-order valence-corrected chi connectivity index (χ0v) is 15.6. The second kappa shape index (κ2) is 6.54. The maximum atomic E-state index is 13.0. The summed E-state index contributed by atoms with van der Waals surface area (Å²) in [5.41, 5.74) is 4.81.